The first-order valence-corrected chi connectivity index (χ1v) is 9.00. The topological polar surface area (TPSA) is 54.5 Å². The van der Waals surface area contributed by atoms with Crippen molar-refractivity contribution in [3.63, 3.8) is 0 Å². The average molecular weight is 355 g/mol. The zero-order valence-corrected chi connectivity index (χ0v) is 15.0. The van der Waals surface area contributed by atoms with E-state index in [1.165, 1.54) is 4.70 Å². The van der Waals surface area contributed by atoms with Crippen LogP contribution in [0.3, 0.4) is 0 Å². The van der Waals surface area contributed by atoms with Crippen molar-refractivity contribution in [2.75, 3.05) is 26.7 Å². The van der Waals surface area contributed by atoms with Crippen molar-refractivity contribution in [3.8, 4) is 5.75 Å². The van der Waals surface area contributed by atoms with Crippen molar-refractivity contribution in [2.45, 2.75) is 6.54 Å². The average Bonchev–Trinajstić information content (AvgIpc) is 3.01. The number of thiazole rings is 1. The van der Waals surface area contributed by atoms with Crippen LogP contribution in [0.5, 0.6) is 5.75 Å². The number of carbonyl (C=O) groups is 1. The second-order valence-electron chi connectivity index (χ2n) is 5.76. The Morgan fingerprint density at radius 1 is 1.16 bits per heavy atom. The van der Waals surface area contributed by atoms with E-state index in [1.54, 1.807) is 11.3 Å². The van der Waals surface area contributed by atoms with Crippen LogP contribution in [0.2, 0.25) is 0 Å². The number of ether oxygens (including phenoxy) is 1. The molecule has 0 spiro atoms. The highest BCUT2D eigenvalue weighted by Crippen LogP contribution is 2.22. The molecule has 0 saturated carbocycles. The number of rotatable bonds is 8. The minimum Gasteiger partial charge on any atom is -0.492 e. The van der Waals surface area contributed by atoms with Gasteiger partial charge in [0.05, 0.1) is 29.9 Å². The summed E-state index contributed by atoms with van der Waals surface area (Å²) in [6.45, 7) is 1.94. The molecule has 25 heavy (non-hydrogen) atoms. The summed E-state index contributed by atoms with van der Waals surface area (Å²) in [5, 5.41) is 3.89. The van der Waals surface area contributed by atoms with Crippen molar-refractivity contribution >= 4 is 27.5 Å². The number of para-hydroxylation sites is 2. The van der Waals surface area contributed by atoms with E-state index in [0.29, 0.717) is 26.2 Å². The van der Waals surface area contributed by atoms with Gasteiger partial charge in [0.1, 0.15) is 17.4 Å². The van der Waals surface area contributed by atoms with Gasteiger partial charge in [-0.05, 0) is 31.3 Å². The lowest BCUT2D eigenvalue weighted by atomic mass is 10.3. The standard InChI is InChI=1S/C19H21N3O2S/c1-22(14-19-21-16-9-5-6-10-17(16)25-19)13-18(23)20-11-12-24-15-7-3-2-4-8-15/h2-10H,11-14H2,1H3,(H,20,23). The fourth-order valence-corrected chi connectivity index (χ4v) is 3.50. The van der Waals surface area contributed by atoms with Crippen molar-refractivity contribution in [2.24, 2.45) is 0 Å². The van der Waals surface area contributed by atoms with Gasteiger partial charge in [-0.15, -0.1) is 11.3 Å². The van der Waals surface area contributed by atoms with Gasteiger partial charge in [0.25, 0.3) is 0 Å². The number of fused-ring (bicyclic) bond motifs is 1. The largest absolute Gasteiger partial charge is 0.492 e. The molecule has 1 aromatic heterocycles. The number of aromatic nitrogens is 1. The van der Waals surface area contributed by atoms with E-state index in [2.05, 4.69) is 16.4 Å². The van der Waals surface area contributed by atoms with Crippen LogP contribution in [0.15, 0.2) is 54.6 Å². The normalized spacial score (nSPS) is 11.0. The van der Waals surface area contributed by atoms with Gasteiger partial charge in [-0.1, -0.05) is 30.3 Å². The van der Waals surface area contributed by atoms with Crippen LogP contribution >= 0.6 is 11.3 Å². The molecule has 1 N–H and O–H groups in total. The highest BCUT2D eigenvalue weighted by atomic mass is 32.1. The van der Waals surface area contributed by atoms with Crippen LogP contribution in [-0.2, 0) is 11.3 Å². The zero-order valence-electron chi connectivity index (χ0n) is 14.1. The van der Waals surface area contributed by atoms with Crippen LogP contribution < -0.4 is 10.1 Å². The van der Waals surface area contributed by atoms with Crippen LogP contribution in [-0.4, -0.2) is 42.5 Å². The molecule has 130 valence electrons. The van der Waals surface area contributed by atoms with Crippen LogP contribution in [0.1, 0.15) is 5.01 Å². The number of carbonyl (C=O) groups excluding carboxylic acids is 1. The Kier molecular flexibility index (Phi) is 5.98. The van der Waals surface area contributed by atoms with E-state index in [1.807, 2.05) is 60.5 Å². The van der Waals surface area contributed by atoms with Gasteiger partial charge in [0.2, 0.25) is 5.91 Å². The van der Waals surface area contributed by atoms with Crippen molar-refractivity contribution < 1.29 is 9.53 Å². The molecule has 1 amide bonds. The predicted octanol–water partition coefficient (Wildman–Crippen LogP) is 2.92. The minimum absolute atomic E-state index is 0.0136. The molecule has 0 unspecified atom stereocenters. The molecule has 3 aromatic rings. The summed E-state index contributed by atoms with van der Waals surface area (Å²) in [5.74, 6) is 0.796. The van der Waals surface area contributed by atoms with Gasteiger partial charge < -0.3 is 10.1 Å². The molecular weight excluding hydrogens is 334 g/mol. The molecule has 3 rings (SSSR count). The van der Waals surface area contributed by atoms with Crippen LogP contribution in [0.4, 0.5) is 0 Å². The van der Waals surface area contributed by atoms with Gasteiger partial charge in [-0.2, -0.15) is 0 Å². The Labute approximate surface area is 151 Å². The maximum atomic E-state index is 12.0. The monoisotopic (exact) mass is 355 g/mol. The minimum atomic E-state index is -0.0136. The molecule has 2 aromatic carbocycles. The SMILES string of the molecule is CN(CC(=O)NCCOc1ccccc1)Cc1nc2ccccc2s1. The maximum Gasteiger partial charge on any atom is 0.234 e. The van der Waals surface area contributed by atoms with Crippen LogP contribution in [0.25, 0.3) is 10.2 Å². The maximum absolute atomic E-state index is 12.0. The Morgan fingerprint density at radius 3 is 2.72 bits per heavy atom. The number of nitrogens with one attached hydrogen (secondary N) is 1. The molecule has 0 atom stereocenters. The first-order chi connectivity index (χ1) is 12.2. The Hall–Kier alpha value is -2.44. The third kappa shape index (κ3) is 5.27. The van der Waals surface area contributed by atoms with E-state index in [-0.39, 0.29) is 5.91 Å². The smallest absolute Gasteiger partial charge is 0.234 e. The van der Waals surface area contributed by atoms with E-state index < -0.39 is 0 Å². The first-order valence-electron chi connectivity index (χ1n) is 8.18. The molecule has 1 heterocycles. The van der Waals surface area contributed by atoms with E-state index >= 15 is 0 Å². The summed E-state index contributed by atoms with van der Waals surface area (Å²) in [6, 6.07) is 17.6. The predicted molar refractivity (Wildman–Crippen MR) is 101 cm³/mol. The third-order valence-electron chi connectivity index (χ3n) is 3.59. The summed E-state index contributed by atoms with van der Waals surface area (Å²) >= 11 is 1.67. The quantitative estimate of drug-likeness (QED) is 0.631. The fourth-order valence-electron chi connectivity index (χ4n) is 2.45. The molecule has 0 aliphatic rings. The van der Waals surface area contributed by atoms with Gasteiger partial charge in [0, 0.05) is 0 Å². The van der Waals surface area contributed by atoms with E-state index in [0.717, 1.165) is 16.3 Å². The van der Waals surface area contributed by atoms with Gasteiger partial charge in [0.15, 0.2) is 0 Å². The zero-order chi connectivity index (χ0) is 17.5. The second-order valence-corrected chi connectivity index (χ2v) is 6.87. The number of hydrogen-bond donors (Lipinski definition) is 1. The number of likely N-dealkylation sites (N-methyl/N-ethyl adjacent to an activating group) is 1. The van der Waals surface area contributed by atoms with Gasteiger partial charge in [-0.25, -0.2) is 4.98 Å². The van der Waals surface area contributed by atoms with Crippen molar-refractivity contribution in [1.29, 1.82) is 0 Å². The molecule has 0 radical (unpaired) electrons. The molecule has 0 bridgehead atoms. The van der Waals surface area contributed by atoms with Crippen LogP contribution in [0, 0.1) is 0 Å². The van der Waals surface area contributed by atoms with Gasteiger partial charge in [-0.3, -0.25) is 9.69 Å². The Bertz CT molecular complexity index is 787. The van der Waals surface area contributed by atoms with Crippen molar-refractivity contribution in [3.05, 3.63) is 59.6 Å². The van der Waals surface area contributed by atoms with Crippen molar-refractivity contribution in [1.82, 2.24) is 15.2 Å². The molecule has 6 heteroatoms. The van der Waals surface area contributed by atoms with E-state index in [9.17, 15) is 4.79 Å². The molecule has 0 aliphatic carbocycles. The second kappa shape index (κ2) is 8.60. The van der Waals surface area contributed by atoms with E-state index in [4.69, 9.17) is 4.74 Å². The Morgan fingerprint density at radius 2 is 1.92 bits per heavy atom. The molecule has 0 saturated heterocycles. The molecule has 0 fully saturated rings. The summed E-state index contributed by atoms with van der Waals surface area (Å²) in [6.07, 6.45) is 0. The summed E-state index contributed by atoms with van der Waals surface area (Å²) in [4.78, 5) is 18.6. The fraction of sp³-hybridized carbons (Fsp3) is 0.263. The summed E-state index contributed by atoms with van der Waals surface area (Å²) in [7, 11) is 1.92. The summed E-state index contributed by atoms with van der Waals surface area (Å²) in [5.41, 5.74) is 1.01. The highest BCUT2D eigenvalue weighted by Gasteiger charge is 2.10. The molecule has 5 nitrogen and oxygen atoms in total. The number of amides is 1. The number of hydrogen-bond acceptors (Lipinski definition) is 5. The summed E-state index contributed by atoms with van der Waals surface area (Å²) < 4.78 is 6.73. The lowest BCUT2D eigenvalue weighted by Crippen LogP contribution is -2.36. The Balaban J connectivity index is 1.38. The first kappa shape index (κ1) is 17.4. The number of benzene rings is 2. The lowest BCUT2D eigenvalue weighted by molar-refractivity contribution is -0.122. The lowest BCUT2D eigenvalue weighted by Gasteiger charge is -2.14. The number of nitrogens with zero attached hydrogens (tertiary/aromatic N) is 2. The van der Waals surface area contributed by atoms with Gasteiger partial charge >= 0.3 is 0 Å². The highest BCUT2D eigenvalue weighted by molar-refractivity contribution is 7.18. The molecule has 0 aliphatic heterocycles. The third-order valence-corrected chi connectivity index (χ3v) is 4.61. The molecular formula is C19H21N3O2S.